The van der Waals surface area contributed by atoms with Gasteiger partial charge in [-0.1, -0.05) is 13.8 Å². The van der Waals surface area contributed by atoms with Crippen molar-refractivity contribution in [1.82, 2.24) is 0 Å². The zero-order chi connectivity index (χ0) is 8.54. The zero-order valence-electron chi connectivity index (χ0n) is 7.81. The van der Waals surface area contributed by atoms with Gasteiger partial charge in [0.15, 0.2) is 0 Å². The molecule has 0 amide bonds. The molecule has 1 aliphatic rings. The highest BCUT2D eigenvalue weighted by atomic mass is 16.5. The predicted octanol–water partition coefficient (Wildman–Crippen LogP) is 1.54. The van der Waals surface area contributed by atoms with Crippen LogP contribution in [-0.4, -0.2) is 19.3 Å². The van der Waals surface area contributed by atoms with E-state index in [2.05, 4.69) is 13.8 Å². The van der Waals surface area contributed by atoms with E-state index in [1.54, 1.807) is 7.11 Å². The Morgan fingerprint density at radius 3 is 2.18 bits per heavy atom. The van der Waals surface area contributed by atoms with Crippen molar-refractivity contribution in [3.8, 4) is 0 Å². The van der Waals surface area contributed by atoms with E-state index in [4.69, 9.17) is 10.5 Å². The van der Waals surface area contributed by atoms with Crippen molar-refractivity contribution in [2.45, 2.75) is 38.7 Å². The summed E-state index contributed by atoms with van der Waals surface area (Å²) in [4.78, 5) is 0. The Morgan fingerprint density at radius 1 is 1.36 bits per heavy atom. The Bertz CT molecular complexity index is 138. The quantitative estimate of drug-likeness (QED) is 0.660. The summed E-state index contributed by atoms with van der Waals surface area (Å²) >= 11 is 0. The van der Waals surface area contributed by atoms with Crippen molar-refractivity contribution in [3.63, 3.8) is 0 Å². The van der Waals surface area contributed by atoms with E-state index < -0.39 is 0 Å². The van der Waals surface area contributed by atoms with Crippen LogP contribution in [-0.2, 0) is 4.74 Å². The maximum absolute atomic E-state index is 5.68. The Labute approximate surface area is 69.1 Å². The van der Waals surface area contributed by atoms with Crippen LogP contribution in [0.3, 0.4) is 0 Å². The first-order chi connectivity index (χ1) is 5.04. The van der Waals surface area contributed by atoms with Crippen LogP contribution in [0.25, 0.3) is 0 Å². The molecular formula is C9H19NO. The highest BCUT2D eigenvalue weighted by molar-refractivity contribution is 4.95. The number of methoxy groups -OCH3 is 1. The van der Waals surface area contributed by atoms with Crippen molar-refractivity contribution < 1.29 is 4.74 Å². The Balaban J connectivity index is 2.62. The summed E-state index contributed by atoms with van der Waals surface area (Å²) in [5.41, 5.74) is 6.09. The van der Waals surface area contributed by atoms with Gasteiger partial charge in [0.05, 0.1) is 5.60 Å². The normalized spacial score (nSPS) is 36.0. The van der Waals surface area contributed by atoms with Gasteiger partial charge in [-0.05, 0) is 24.7 Å². The predicted molar refractivity (Wildman–Crippen MR) is 46.4 cm³/mol. The lowest BCUT2D eigenvalue weighted by atomic mass is 9.89. The summed E-state index contributed by atoms with van der Waals surface area (Å²) in [5, 5.41) is 0. The number of ether oxygens (including phenoxy) is 1. The van der Waals surface area contributed by atoms with Crippen LogP contribution in [0.15, 0.2) is 0 Å². The third-order valence-electron chi connectivity index (χ3n) is 2.86. The molecule has 0 bridgehead atoms. The fourth-order valence-corrected chi connectivity index (χ4v) is 2.05. The van der Waals surface area contributed by atoms with Gasteiger partial charge in [-0.15, -0.1) is 0 Å². The smallest absolute Gasteiger partial charge is 0.0805 e. The van der Waals surface area contributed by atoms with Crippen molar-refractivity contribution >= 4 is 0 Å². The number of hydrogen-bond donors (Lipinski definition) is 1. The van der Waals surface area contributed by atoms with Crippen molar-refractivity contribution in [1.29, 1.82) is 0 Å². The van der Waals surface area contributed by atoms with Crippen LogP contribution in [0.4, 0.5) is 0 Å². The molecule has 0 spiro atoms. The lowest BCUT2D eigenvalue weighted by Crippen LogP contribution is -2.37. The molecule has 1 unspecified atom stereocenters. The van der Waals surface area contributed by atoms with E-state index in [1.165, 1.54) is 6.42 Å². The lowest BCUT2D eigenvalue weighted by Gasteiger charge is -2.27. The van der Waals surface area contributed by atoms with Gasteiger partial charge < -0.3 is 10.5 Å². The van der Waals surface area contributed by atoms with E-state index in [9.17, 15) is 0 Å². The van der Waals surface area contributed by atoms with Crippen LogP contribution < -0.4 is 5.73 Å². The molecule has 0 saturated heterocycles. The molecule has 11 heavy (non-hydrogen) atoms. The molecule has 2 heteroatoms. The highest BCUT2D eigenvalue weighted by Gasteiger charge is 2.42. The van der Waals surface area contributed by atoms with Crippen molar-refractivity contribution in [2.75, 3.05) is 13.7 Å². The lowest BCUT2D eigenvalue weighted by molar-refractivity contribution is -0.00398. The minimum absolute atomic E-state index is 0.0104. The topological polar surface area (TPSA) is 35.2 Å². The molecule has 0 aromatic carbocycles. The summed E-state index contributed by atoms with van der Waals surface area (Å²) in [6.07, 6.45) is 3.46. The molecular weight excluding hydrogens is 138 g/mol. The van der Waals surface area contributed by atoms with E-state index in [0.29, 0.717) is 12.0 Å². The molecule has 2 N–H and O–H groups in total. The summed E-state index contributed by atoms with van der Waals surface area (Å²) < 4.78 is 5.46. The first kappa shape index (κ1) is 9.01. The average Bonchev–Trinajstić information content (AvgIpc) is 2.28. The molecule has 1 atom stereocenters. The number of nitrogens with two attached hydrogens (primary N) is 1. The van der Waals surface area contributed by atoms with Gasteiger partial charge in [0.25, 0.3) is 0 Å². The molecule has 1 saturated carbocycles. The third-order valence-corrected chi connectivity index (χ3v) is 2.86. The number of hydrogen-bond acceptors (Lipinski definition) is 2. The molecule has 2 nitrogen and oxygen atoms in total. The maximum atomic E-state index is 5.68. The molecule has 66 valence electrons. The molecule has 1 aliphatic carbocycles. The molecule has 0 aromatic rings. The summed E-state index contributed by atoms with van der Waals surface area (Å²) in [5.74, 6) is 0. The molecule has 0 aliphatic heterocycles. The van der Waals surface area contributed by atoms with Crippen LogP contribution >= 0.6 is 0 Å². The first-order valence-corrected chi connectivity index (χ1v) is 4.29. The van der Waals surface area contributed by atoms with Gasteiger partial charge >= 0.3 is 0 Å². The van der Waals surface area contributed by atoms with Crippen LogP contribution in [0, 0.1) is 5.41 Å². The maximum Gasteiger partial charge on any atom is 0.0805 e. The van der Waals surface area contributed by atoms with E-state index in [-0.39, 0.29) is 5.60 Å². The summed E-state index contributed by atoms with van der Waals surface area (Å²) in [6, 6.07) is 0. The van der Waals surface area contributed by atoms with Crippen molar-refractivity contribution in [2.24, 2.45) is 11.1 Å². The van der Waals surface area contributed by atoms with Gasteiger partial charge in [0.2, 0.25) is 0 Å². The van der Waals surface area contributed by atoms with E-state index in [0.717, 1.165) is 12.8 Å². The van der Waals surface area contributed by atoms with Gasteiger partial charge in [-0.3, -0.25) is 0 Å². The molecule has 0 radical (unpaired) electrons. The van der Waals surface area contributed by atoms with E-state index >= 15 is 0 Å². The molecule has 0 heterocycles. The van der Waals surface area contributed by atoms with E-state index in [1.807, 2.05) is 0 Å². The minimum Gasteiger partial charge on any atom is -0.377 e. The fraction of sp³-hybridized carbons (Fsp3) is 1.00. The largest absolute Gasteiger partial charge is 0.377 e. The summed E-state index contributed by atoms with van der Waals surface area (Å²) in [7, 11) is 1.77. The standard InChI is InChI=1S/C9H19NO/c1-8(2)4-5-9(6-8,7-10)11-3/h4-7,10H2,1-3H3. The van der Waals surface area contributed by atoms with Gasteiger partial charge in [0.1, 0.15) is 0 Å². The Morgan fingerprint density at radius 2 is 2.00 bits per heavy atom. The average molecular weight is 157 g/mol. The van der Waals surface area contributed by atoms with Gasteiger partial charge in [0, 0.05) is 13.7 Å². The highest BCUT2D eigenvalue weighted by Crippen LogP contribution is 2.44. The van der Waals surface area contributed by atoms with Crippen LogP contribution in [0.1, 0.15) is 33.1 Å². The fourth-order valence-electron chi connectivity index (χ4n) is 2.05. The van der Waals surface area contributed by atoms with Crippen LogP contribution in [0.2, 0.25) is 0 Å². The first-order valence-electron chi connectivity index (χ1n) is 4.29. The molecule has 1 rings (SSSR count). The monoisotopic (exact) mass is 157 g/mol. The summed E-state index contributed by atoms with van der Waals surface area (Å²) in [6.45, 7) is 5.22. The van der Waals surface area contributed by atoms with Gasteiger partial charge in [-0.2, -0.15) is 0 Å². The van der Waals surface area contributed by atoms with Crippen LogP contribution in [0.5, 0.6) is 0 Å². The second-order valence-corrected chi connectivity index (χ2v) is 4.43. The second kappa shape index (κ2) is 2.76. The van der Waals surface area contributed by atoms with Gasteiger partial charge in [-0.25, -0.2) is 0 Å². The molecule has 1 fully saturated rings. The Hall–Kier alpha value is -0.0800. The zero-order valence-corrected chi connectivity index (χ0v) is 7.81. The third kappa shape index (κ3) is 1.74. The number of rotatable bonds is 2. The minimum atomic E-state index is -0.0104. The second-order valence-electron chi connectivity index (χ2n) is 4.43. The SMILES string of the molecule is COC1(CN)CCC(C)(C)C1. The Kier molecular flexibility index (Phi) is 2.26. The van der Waals surface area contributed by atoms with Crippen molar-refractivity contribution in [3.05, 3.63) is 0 Å². The molecule has 0 aromatic heterocycles.